The maximum absolute atomic E-state index is 12.0. The molecule has 0 radical (unpaired) electrons. The highest BCUT2D eigenvalue weighted by atomic mass is 16.1. The molecule has 0 aliphatic rings. The number of nitrogens with one attached hydrogen (secondary N) is 1. The van der Waals surface area contributed by atoms with Crippen LogP contribution in [-0.4, -0.2) is 29.5 Å². The van der Waals surface area contributed by atoms with Gasteiger partial charge in [0.15, 0.2) is 5.82 Å². The monoisotopic (exact) mass is 334 g/mol. The Bertz CT molecular complexity index is 1180. The summed E-state index contributed by atoms with van der Waals surface area (Å²) in [5.41, 5.74) is 0.877. The number of aromatic amines is 1. The van der Waals surface area contributed by atoms with Crippen molar-refractivity contribution in [3.63, 3.8) is 0 Å². The van der Waals surface area contributed by atoms with Gasteiger partial charge >= 0.3 is 0 Å². The smallest absolute Gasteiger partial charge is 0.265 e. The van der Waals surface area contributed by atoms with Gasteiger partial charge in [0.2, 0.25) is 0 Å². The maximum Gasteiger partial charge on any atom is 0.265 e. The number of pyridine rings is 1. The maximum atomic E-state index is 12.0. The van der Waals surface area contributed by atoms with Gasteiger partial charge in [0.25, 0.3) is 11.1 Å². The zero-order valence-electron chi connectivity index (χ0n) is 13.4. The second kappa shape index (κ2) is 5.82. The van der Waals surface area contributed by atoms with Crippen LogP contribution in [0.5, 0.6) is 0 Å². The van der Waals surface area contributed by atoms with E-state index in [2.05, 4.69) is 20.2 Å². The van der Waals surface area contributed by atoms with Crippen LogP contribution in [0.1, 0.15) is 11.6 Å². The molecular formula is C17H14N6O2. The molecule has 0 bridgehead atoms. The van der Waals surface area contributed by atoms with E-state index in [4.69, 9.17) is 0 Å². The summed E-state index contributed by atoms with van der Waals surface area (Å²) < 4.78 is 2.86. The van der Waals surface area contributed by atoms with Gasteiger partial charge in [-0.15, -0.1) is 0 Å². The van der Waals surface area contributed by atoms with Crippen molar-refractivity contribution >= 4 is 10.9 Å². The minimum absolute atomic E-state index is 0.0962. The molecule has 1 aromatic carbocycles. The first-order chi connectivity index (χ1) is 12.1. The summed E-state index contributed by atoms with van der Waals surface area (Å²) in [7, 11) is 0. The highest BCUT2D eigenvalue weighted by Gasteiger charge is 2.14. The fraction of sp³-hybridized carbons (Fsp3) is 0.118. The minimum atomic E-state index is -0.353. The van der Waals surface area contributed by atoms with Crippen LogP contribution in [-0.2, 0) is 6.54 Å². The summed E-state index contributed by atoms with van der Waals surface area (Å²) in [5.74, 6) is 1.09. The molecule has 8 heteroatoms. The molecule has 1 N–H and O–H groups in total. The Morgan fingerprint density at radius 2 is 1.92 bits per heavy atom. The van der Waals surface area contributed by atoms with E-state index in [1.54, 1.807) is 17.8 Å². The lowest BCUT2D eigenvalue weighted by Crippen LogP contribution is -2.29. The first-order valence-corrected chi connectivity index (χ1v) is 7.69. The first-order valence-electron chi connectivity index (χ1n) is 7.69. The van der Waals surface area contributed by atoms with E-state index >= 15 is 0 Å². The Labute approximate surface area is 141 Å². The first kappa shape index (κ1) is 15.0. The molecule has 0 fully saturated rings. The molecule has 0 saturated heterocycles. The summed E-state index contributed by atoms with van der Waals surface area (Å²) in [6.07, 6.45) is 1.72. The van der Waals surface area contributed by atoms with Gasteiger partial charge in [-0.2, -0.15) is 5.10 Å². The quantitative estimate of drug-likeness (QED) is 0.603. The van der Waals surface area contributed by atoms with E-state index in [-0.39, 0.29) is 17.7 Å². The number of rotatable bonds is 3. The van der Waals surface area contributed by atoms with Crippen LogP contribution in [0.4, 0.5) is 0 Å². The normalized spacial score (nSPS) is 11.1. The standard InChI is InChI=1S/C17H14N6O2/c1-11-19-14(10-22-16(25)8-7-15(24)21-22)23(20-11)13-6-2-4-12-5-3-9-18-17(12)13/h2-9H,10H2,1H3,(H,21,24). The van der Waals surface area contributed by atoms with Crippen LogP contribution < -0.4 is 11.1 Å². The summed E-state index contributed by atoms with van der Waals surface area (Å²) >= 11 is 0. The van der Waals surface area contributed by atoms with Crippen LogP contribution in [0.3, 0.4) is 0 Å². The number of nitrogens with zero attached hydrogens (tertiary/aromatic N) is 5. The van der Waals surface area contributed by atoms with Crippen molar-refractivity contribution in [3.05, 3.63) is 81.0 Å². The number of aromatic nitrogens is 6. The molecule has 0 unspecified atom stereocenters. The SMILES string of the molecule is Cc1nc(Cn2[nH]c(=O)ccc2=O)n(-c2cccc3cccnc23)n1. The van der Waals surface area contributed by atoms with E-state index < -0.39 is 0 Å². The molecule has 124 valence electrons. The second-order valence-electron chi connectivity index (χ2n) is 5.57. The fourth-order valence-electron chi connectivity index (χ4n) is 2.73. The predicted molar refractivity (Wildman–Crippen MR) is 91.8 cm³/mol. The van der Waals surface area contributed by atoms with E-state index in [1.165, 1.54) is 16.8 Å². The van der Waals surface area contributed by atoms with Crippen LogP contribution in [0.25, 0.3) is 16.6 Å². The number of hydrogen-bond acceptors (Lipinski definition) is 5. The Hall–Kier alpha value is -3.55. The highest BCUT2D eigenvalue weighted by molar-refractivity contribution is 5.86. The Morgan fingerprint density at radius 1 is 1.08 bits per heavy atom. The zero-order chi connectivity index (χ0) is 17.4. The number of hydrogen-bond donors (Lipinski definition) is 1. The molecule has 4 aromatic rings. The van der Waals surface area contributed by atoms with Crippen LogP contribution >= 0.6 is 0 Å². The van der Waals surface area contributed by atoms with Crippen molar-refractivity contribution in [2.75, 3.05) is 0 Å². The molecule has 0 aliphatic heterocycles. The molecule has 0 saturated carbocycles. The van der Waals surface area contributed by atoms with Gasteiger partial charge in [-0.05, 0) is 19.1 Å². The molecule has 0 aliphatic carbocycles. The molecular weight excluding hydrogens is 320 g/mol. The molecule has 25 heavy (non-hydrogen) atoms. The topological polar surface area (TPSA) is 98.5 Å². The van der Waals surface area contributed by atoms with Crippen molar-refractivity contribution in [2.45, 2.75) is 13.5 Å². The number of aryl methyl sites for hydroxylation is 1. The van der Waals surface area contributed by atoms with Gasteiger partial charge in [-0.1, -0.05) is 18.2 Å². The van der Waals surface area contributed by atoms with Gasteiger partial charge < -0.3 is 0 Å². The molecule has 3 aromatic heterocycles. The van der Waals surface area contributed by atoms with E-state index in [1.807, 2.05) is 30.3 Å². The van der Waals surface area contributed by atoms with Gasteiger partial charge in [0, 0.05) is 23.7 Å². The lowest BCUT2D eigenvalue weighted by molar-refractivity contribution is 0.591. The van der Waals surface area contributed by atoms with Crippen LogP contribution in [0.15, 0.2) is 58.3 Å². The number of para-hydroxylation sites is 1. The molecule has 3 heterocycles. The van der Waals surface area contributed by atoms with Gasteiger partial charge in [-0.3, -0.25) is 19.7 Å². The van der Waals surface area contributed by atoms with Gasteiger partial charge in [-0.25, -0.2) is 14.3 Å². The molecule has 0 amide bonds. The summed E-state index contributed by atoms with van der Waals surface area (Å²) in [6, 6.07) is 12.0. The summed E-state index contributed by atoms with van der Waals surface area (Å²) in [6.45, 7) is 1.87. The van der Waals surface area contributed by atoms with Crippen molar-refractivity contribution < 1.29 is 0 Å². The van der Waals surface area contributed by atoms with Crippen LogP contribution in [0.2, 0.25) is 0 Å². The fourth-order valence-corrected chi connectivity index (χ4v) is 2.73. The number of H-pyrrole nitrogens is 1. The molecule has 0 atom stereocenters. The average Bonchev–Trinajstić information content (AvgIpc) is 2.98. The van der Waals surface area contributed by atoms with E-state index in [0.29, 0.717) is 11.6 Å². The van der Waals surface area contributed by atoms with Crippen molar-refractivity contribution in [2.24, 2.45) is 0 Å². The summed E-state index contributed by atoms with van der Waals surface area (Å²) in [4.78, 5) is 32.3. The number of fused-ring (bicyclic) bond motifs is 1. The molecule has 4 rings (SSSR count). The Morgan fingerprint density at radius 3 is 2.80 bits per heavy atom. The van der Waals surface area contributed by atoms with Gasteiger partial charge in [0.1, 0.15) is 12.4 Å². The third-order valence-corrected chi connectivity index (χ3v) is 3.81. The third-order valence-electron chi connectivity index (χ3n) is 3.81. The largest absolute Gasteiger partial charge is 0.268 e. The van der Waals surface area contributed by atoms with Crippen molar-refractivity contribution in [3.8, 4) is 5.69 Å². The van der Waals surface area contributed by atoms with Crippen molar-refractivity contribution in [1.82, 2.24) is 29.5 Å². The third kappa shape index (κ3) is 2.74. The average molecular weight is 334 g/mol. The predicted octanol–water partition coefficient (Wildman–Crippen LogP) is 1.02. The minimum Gasteiger partial charge on any atom is -0.268 e. The molecule has 0 spiro atoms. The highest BCUT2D eigenvalue weighted by Crippen LogP contribution is 2.20. The summed E-state index contributed by atoms with van der Waals surface area (Å²) in [5, 5.41) is 7.91. The lowest BCUT2D eigenvalue weighted by atomic mass is 10.2. The molecule has 8 nitrogen and oxygen atoms in total. The van der Waals surface area contributed by atoms with Crippen LogP contribution in [0, 0.1) is 6.92 Å². The number of benzene rings is 1. The Kier molecular flexibility index (Phi) is 3.50. The van der Waals surface area contributed by atoms with E-state index in [9.17, 15) is 9.59 Å². The van der Waals surface area contributed by atoms with Gasteiger partial charge in [0.05, 0.1) is 11.2 Å². The second-order valence-corrected chi connectivity index (χ2v) is 5.57. The van der Waals surface area contributed by atoms with Crippen molar-refractivity contribution in [1.29, 1.82) is 0 Å². The lowest BCUT2D eigenvalue weighted by Gasteiger charge is -2.09. The Balaban J connectivity index is 1.88. The van der Waals surface area contributed by atoms with E-state index in [0.717, 1.165) is 16.6 Å². The zero-order valence-corrected chi connectivity index (χ0v) is 13.4.